The number of rotatable bonds is 6. The maximum Gasteiger partial charge on any atom is 0.315 e. The molecule has 1 rings (SSSR count). The van der Waals surface area contributed by atoms with Crippen LogP contribution in [0.15, 0.2) is 30.3 Å². The van der Waals surface area contributed by atoms with Gasteiger partial charge >= 0.3 is 6.03 Å². The third-order valence-corrected chi connectivity index (χ3v) is 3.89. The van der Waals surface area contributed by atoms with E-state index in [1.165, 1.54) is 5.56 Å². The highest BCUT2D eigenvalue weighted by Crippen LogP contribution is 2.18. The van der Waals surface area contributed by atoms with Crippen LogP contribution in [-0.4, -0.2) is 34.8 Å². The van der Waals surface area contributed by atoms with E-state index in [4.69, 9.17) is 0 Å². The van der Waals surface area contributed by atoms with Crippen molar-refractivity contribution in [3.8, 4) is 0 Å². The summed E-state index contributed by atoms with van der Waals surface area (Å²) in [6.07, 6.45) is 1.62. The smallest absolute Gasteiger partial charge is 0.315 e. The molecular formula is C14H22N2O2S. The molecule has 1 aromatic carbocycles. The first-order valence-electron chi connectivity index (χ1n) is 6.40. The Balaban J connectivity index is 2.39. The topological polar surface area (TPSA) is 58.2 Å². The van der Waals surface area contributed by atoms with E-state index in [9.17, 15) is 9.00 Å². The SMILES string of the molecule is C[C@H](NC(=O)NCC[S@](C)=O)[C@@H](C)c1ccccc1. The summed E-state index contributed by atoms with van der Waals surface area (Å²) in [5.41, 5.74) is 1.20. The normalized spacial score (nSPS) is 15.3. The standard InChI is InChI=1S/C14H22N2O2S/c1-11(13-7-5-4-6-8-13)12(2)16-14(17)15-9-10-19(3)18/h4-8,11-12H,9-10H2,1-3H3,(H2,15,16,17)/t11-,12+,19+/m1/s1. The summed E-state index contributed by atoms with van der Waals surface area (Å²) in [7, 11) is -0.876. The summed E-state index contributed by atoms with van der Waals surface area (Å²) in [4.78, 5) is 11.6. The van der Waals surface area contributed by atoms with Crippen LogP contribution < -0.4 is 10.6 Å². The van der Waals surface area contributed by atoms with Gasteiger partial charge in [-0.2, -0.15) is 0 Å². The molecule has 0 aliphatic heterocycles. The van der Waals surface area contributed by atoms with Crippen LogP contribution in [0.4, 0.5) is 4.79 Å². The van der Waals surface area contributed by atoms with Crippen molar-refractivity contribution >= 4 is 16.8 Å². The highest BCUT2D eigenvalue weighted by atomic mass is 32.2. The van der Waals surface area contributed by atoms with Gasteiger partial charge in [0.1, 0.15) is 0 Å². The Labute approximate surface area is 117 Å². The minimum atomic E-state index is -0.876. The van der Waals surface area contributed by atoms with Crippen molar-refractivity contribution in [1.82, 2.24) is 10.6 Å². The first-order chi connectivity index (χ1) is 9.00. The lowest BCUT2D eigenvalue weighted by atomic mass is 9.95. The first-order valence-corrected chi connectivity index (χ1v) is 8.12. The van der Waals surface area contributed by atoms with Crippen molar-refractivity contribution in [2.45, 2.75) is 25.8 Å². The molecule has 0 fully saturated rings. The summed E-state index contributed by atoms with van der Waals surface area (Å²) in [5, 5.41) is 5.61. The highest BCUT2D eigenvalue weighted by Gasteiger charge is 2.15. The Bertz CT molecular complexity index is 423. The van der Waals surface area contributed by atoms with E-state index in [0.717, 1.165) is 0 Å². The molecule has 0 heterocycles. The minimum absolute atomic E-state index is 0.0366. The number of hydrogen-bond acceptors (Lipinski definition) is 2. The fraction of sp³-hybridized carbons (Fsp3) is 0.500. The zero-order valence-corrected chi connectivity index (χ0v) is 12.5. The van der Waals surface area contributed by atoms with Crippen LogP contribution in [0.5, 0.6) is 0 Å². The maximum absolute atomic E-state index is 11.6. The molecule has 0 aliphatic carbocycles. The van der Waals surface area contributed by atoms with Crippen LogP contribution in [0.2, 0.25) is 0 Å². The average Bonchev–Trinajstić information content (AvgIpc) is 2.38. The molecular weight excluding hydrogens is 260 g/mol. The zero-order chi connectivity index (χ0) is 14.3. The van der Waals surface area contributed by atoms with Crippen LogP contribution in [0.3, 0.4) is 0 Å². The summed E-state index contributed by atoms with van der Waals surface area (Å²) in [6, 6.07) is 9.91. The Kier molecular flexibility index (Phi) is 6.56. The Morgan fingerprint density at radius 1 is 1.26 bits per heavy atom. The molecule has 2 N–H and O–H groups in total. The van der Waals surface area contributed by atoms with E-state index in [-0.39, 0.29) is 18.0 Å². The monoisotopic (exact) mass is 282 g/mol. The molecule has 0 saturated heterocycles. The summed E-state index contributed by atoms with van der Waals surface area (Å²) < 4.78 is 10.9. The second-order valence-electron chi connectivity index (χ2n) is 4.67. The molecule has 0 saturated carbocycles. The molecule has 0 aromatic heterocycles. The zero-order valence-electron chi connectivity index (χ0n) is 11.7. The van der Waals surface area contributed by atoms with Gasteiger partial charge in [-0.25, -0.2) is 4.79 Å². The lowest BCUT2D eigenvalue weighted by Gasteiger charge is -2.21. The van der Waals surface area contributed by atoms with Crippen LogP contribution in [0.1, 0.15) is 25.3 Å². The molecule has 4 nitrogen and oxygen atoms in total. The lowest BCUT2D eigenvalue weighted by molar-refractivity contribution is 0.237. The number of urea groups is 1. The van der Waals surface area contributed by atoms with E-state index in [0.29, 0.717) is 12.3 Å². The number of carbonyl (C=O) groups is 1. The summed E-state index contributed by atoms with van der Waals surface area (Å²) in [6.45, 7) is 4.50. The van der Waals surface area contributed by atoms with Gasteiger partial charge in [0.15, 0.2) is 0 Å². The second-order valence-corrected chi connectivity index (χ2v) is 6.22. The summed E-state index contributed by atoms with van der Waals surface area (Å²) >= 11 is 0. The molecule has 106 valence electrons. The molecule has 5 heteroatoms. The molecule has 3 atom stereocenters. The molecule has 0 unspecified atom stereocenters. The quantitative estimate of drug-likeness (QED) is 0.836. The number of carbonyl (C=O) groups excluding carboxylic acids is 1. The number of amides is 2. The summed E-state index contributed by atoms with van der Waals surface area (Å²) in [5.74, 6) is 0.725. The van der Waals surface area contributed by atoms with Crippen molar-refractivity contribution in [2.75, 3.05) is 18.6 Å². The Hall–Kier alpha value is -1.36. The van der Waals surface area contributed by atoms with Crippen LogP contribution >= 0.6 is 0 Å². The molecule has 0 bridgehead atoms. The van der Waals surface area contributed by atoms with Crippen LogP contribution in [0.25, 0.3) is 0 Å². The van der Waals surface area contributed by atoms with E-state index in [1.807, 2.05) is 25.1 Å². The highest BCUT2D eigenvalue weighted by molar-refractivity contribution is 7.84. The number of nitrogens with one attached hydrogen (secondary N) is 2. The average molecular weight is 282 g/mol. The molecule has 1 aromatic rings. The molecule has 0 radical (unpaired) electrons. The van der Waals surface area contributed by atoms with Gasteiger partial charge in [0.2, 0.25) is 0 Å². The van der Waals surface area contributed by atoms with Gasteiger partial charge in [-0.15, -0.1) is 0 Å². The predicted octanol–water partition coefficient (Wildman–Crippen LogP) is 1.86. The van der Waals surface area contributed by atoms with E-state index in [2.05, 4.69) is 29.7 Å². The lowest BCUT2D eigenvalue weighted by Crippen LogP contribution is -2.43. The third-order valence-electron chi connectivity index (χ3n) is 3.11. The van der Waals surface area contributed by atoms with Crippen molar-refractivity contribution in [3.05, 3.63) is 35.9 Å². The Morgan fingerprint density at radius 3 is 2.47 bits per heavy atom. The van der Waals surface area contributed by atoms with Gasteiger partial charge in [0.25, 0.3) is 0 Å². The molecule has 19 heavy (non-hydrogen) atoms. The maximum atomic E-state index is 11.6. The van der Waals surface area contributed by atoms with Crippen LogP contribution in [0, 0.1) is 0 Å². The fourth-order valence-electron chi connectivity index (χ4n) is 1.74. The van der Waals surface area contributed by atoms with Gasteiger partial charge in [0, 0.05) is 41.3 Å². The third kappa shape index (κ3) is 5.87. The predicted molar refractivity (Wildman–Crippen MR) is 79.8 cm³/mol. The number of hydrogen-bond donors (Lipinski definition) is 2. The fourth-order valence-corrected chi connectivity index (χ4v) is 2.13. The van der Waals surface area contributed by atoms with Gasteiger partial charge in [-0.05, 0) is 12.5 Å². The largest absolute Gasteiger partial charge is 0.337 e. The van der Waals surface area contributed by atoms with Crippen molar-refractivity contribution < 1.29 is 9.00 Å². The van der Waals surface area contributed by atoms with Crippen molar-refractivity contribution in [2.24, 2.45) is 0 Å². The van der Waals surface area contributed by atoms with Crippen molar-refractivity contribution in [1.29, 1.82) is 0 Å². The first kappa shape index (κ1) is 15.7. The van der Waals surface area contributed by atoms with Gasteiger partial charge < -0.3 is 10.6 Å². The van der Waals surface area contributed by atoms with Crippen molar-refractivity contribution in [3.63, 3.8) is 0 Å². The minimum Gasteiger partial charge on any atom is -0.337 e. The van der Waals surface area contributed by atoms with Gasteiger partial charge in [0.05, 0.1) is 0 Å². The number of benzene rings is 1. The van der Waals surface area contributed by atoms with Crippen LogP contribution in [-0.2, 0) is 10.8 Å². The van der Waals surface area contributed by atoms with Gasteiger partial charge in [-0.1, -0.05) is 37.3 Å². The van der Waals surface area contributed by atoms with Gasteiger partial charge in [-0.3, -0.25) is 4.21 Å². The molecule has 2 amide bonds. The molecule has 0 spiro atoms. The second kappa shape index (κ2) is 7.94. The van der Waals surface area contributed by atoms with E-state index in [1.54, 1.807) is 6.26 Å². The van der Waals surface area contributed by atoms with E-state index >= 15 is 0 Å². The Morgan fingerprint density at radius 2 is 1.89 bits per heavy atom. The van der Waals surface area contributed by atoms with E-state index < -0.39 is 10.8 Å². The molecule has 0 aliphatic rings.